The summed E-state index contributed by atoms with van der Waals surface area (Å²) in [6, 6.07) is 6.00. The van der Waals surface area contributed by atoms with Gasteiger partial charge in [-0.3, -0.25) is 4.79 Å². The average molecular weight is 258 g/mol. The van der Waals surface area contributed by atoms with E-state index in [0.29, 0.717) is 6.61 Å². The smallest absolute Gasteiger partial charge is 0.302 e. The number of fused-ring (bicyclic) bond motifs is 1. The summed E-state index contributed by atoms with van der Waals surface area (Å²) in [5, 5.41) is 0. The first-order valence-corrected chi connectivity index (χ1v) is 6.28. The van der Waals surface area contributed by atoms with E-state index in [-0.39, 0.29) is 11.6 Å². The average Bonchev–Trinajstić information content (AvgIpc) is 2.33. The van der Waals surface area contributed by atoms with Crippen LogP contribution in [0.25, 0.3) is 12.2 Å². The standard InChI is InChI=1S/C16H18O3/c1-12(17)18-10-4-5-13-6-7-15-14(11-13)8-9-16(2,3)19-15/h4-9,11H,10H2,1-3H3/b5-4+. The summed E-state index contributed by atoms with van der Waals surface area (Å²) in [6.45, 7) is 5.75. The molecule has 0 radical (unpaired) electrons. The molecule has 0 atom stereocenters. The molecule has 0 aliphatic carbocycles. The molecule has 1 aliphatic heterocycles. The van der Waals surface area contributed by atoms with Gasteiger partial charge in [-0.15, -0.1) is 0 Å². The Bertz CT molecular complexity index is 539. The lowest BCUT2D eigenvalue weighted by Crippen LogP contribution is -2.27. The van der Waals surface area contributed by atoms with Crippen LogP contribution in [-0.2, 0) is 9.53 Å². The van der Waals surface area contributed by atoms with Crippen LogP contribution in [0.3, 0.4) is 0 Å². The number of rotatable bonds is 3. The van der Waals surface area contributed by atoms with Crippen LogP contribution in [0.5, 0.6) is 5.75 Å². The van der Waals surface area contributed by atoms with Crippen LogP contribution in [0.4, 0.5) is 0 Å². The van der Waals surface area contributed by atoms with Crippen molar-refractivity contribution in [3.63, 3.8) is 0 Å². The highest BCUT2D eigenvalue weighted by Crippen LogP contribution is 2.31. The van der Waals surface area contributed by atoms with Gasteiger partial charge in [0.05, 0.1) is 0 Å². The van der Waals surface area contributed by atoms with Crippen molar-refractivity contribution in [2.45, 2.75) is 26.4 Å². The molecule has 0 amide bonds. The summed E-state index contributed by atoms with van der Waals surface area (Å²) in [7, 11) is 0. The first kappa shape index (κ1) is 13.4. The van der Waals surface area contributed by atoms with E-state index in [9.17, 15) is 4.79 Å². The second kappa shape index (κ2) is 5.31. The molecule has 19 heavy (non-hydrogen) atoms. The van der Waals surface area contributed by atoms with Gasteiger partial charge in [0.15, 0.2) is 0 Å². The zero-order valence-corrected chi connectivity index (χ0v) is 11.5. The molecule has 3 nitrogen and oxygen atoms in total. The van der Waals surface area contributed by atoms with Crippen molar-refractivity contribution in [3.8, 4) is 5.75 Å². The minimum absolute atomic E-state index is 0.250. The Kier molecular flexibility index (Phi) is 3.74. The van der Waals surface area contributed by atoms with Gasteiger partial charge in [0.2, 0.25) is 0 Å². The number of ether oxygens (including phenoxy) is 2. The molecule has 0 N–H and O–H groups in total. The fraction of sp³-hybridized carbons (Fsp3) is 0.312. The summed E-state index contributed by atoms with van der Waals surface area (Å²) in [4.78, 5) is 10.6. The third-order valence-corrected chi connectivity index (χ3v) is 2.76. The topological polar surface area (TPSA) is 35.5 Å². The molecule has 1 aromatic carbocycles. The van der Waals surface area contributed by atoms with E-state index >= 15 is 0 Å². The summed E-state index contributed by atoms with van der Waals surface area (Å²) < 4.78 is 10.7. The van der Waals surface area contributed by atoms with Crippen LogP contribution in [0.1, 0.15) is 31.9 Å². The monoisotopic (exact) mass is 258 g/mol. The first-order valence-electron chi connectivity index (χ1n) is 6.28. The normalized spacial score (nSPS) is 15.9. The van der Waals surface area contributed by atoms with E-state index in [1.165, 1.54) is 6.92 Å². The lowest BCUT2D eigenvalue weighted by molar-refractivity contribution is -0.139. The fourth-order valence-electron chi connectivity index (χ4n) is 1.85. The molecule has 3 heteroatoms. The number of benzene rings is 1. The molecule has 0 spiro atoms. The van der Waals surface area contributed by atoms with Crippen molar-refractivity contribution < 1.29 is 14.3 Å². The first-order chi connectivity index (χ1) is 8.96. The van der Waals surface area contributed by atoms with Crippen molar-refractivity contribution in [1.29, 1.82) is 0 Å². The van der Waals surface area contributed by atoms with Crippen LogP contribution < -0.4 is 4.74 Å². The van der Waals surface area contributed by atoms with E-state index in [1.54, 1.807) is 0 Å². The molecule has 0 fully saturated rings. The third kappa shape index (κ3) is 3.71. The maximum atomic E-state index is 10.6. The summed E-state index contributed by atoms with van der Waals surface area (Å²) in [5.41, 5.74) is 1.87. The van der Waals surface area contributed by atoms with Gasteiger partial charge in [0, 0.05) is 12.5 Å². The highest BCUT2D eigenvalue weighted by atomic mass is 16.5. The molecule has 1 aromatic rings. The van der Waals surface area contributed by atoms with Gasteiger partial charge in [-0.2, -0.15) is 0 Å². The number of hydrogen-bond donors (Lipinski definition) is 0. The van der Waals surface area contributed by atoms with Gasteiger partial charge < -0.3 is 9.47 Å². The maximum absolute atomic E-state index is 10.6. The zero-order chi connectivity index (χ0) is 13.9. The van der Waals surface area contributed by atoms with Crippen LogP contribution in [0, 0.1) is 0 Å². The molecule has 1 heterocycles. The second-order valence-corrected chi connectivity index (χ2v) is 5.04. The van der Waals surface area contributed by atoms with Crippen molar-refractivity contribution in [2.24, 2.45) is 0 Å². The number of hydrogen-bond acceptors (Lipinski definition) is 3. The predicted octanol–water partition coefficient (Wildman–Crippen LogP) is 3.45. The molecule has 2 rings (SSSR count). The van der Waals surface area contributed by atoms with Gasteiger partial charge >= 0.3 is 5.97 Å². The van der Waals surface area contributed by atoms with Crippen LogP contribution in [0.15, 0.2) is 30.4 Å². The molecule has 1 aliphatic rings. The quantitative estimate of drug-likeness (QED) is 0.779. The lowest BCUT2D eigenvalue weighted by Gasteiger charge is -2.27. The molecule has 0 saturated heterocycles. The van der Waals surface area contributed by atoms with Crippen LogP contribution >= 0.6 is 0 Å². The van der Waals surface area contributed by atoms with Crippen molar-refractivity contribution >= 4 is 18.1 Å². The van der Waals surface area contributed by atoms with Crippen molar-refractivity contribution in [1.82, 2.24) is 0 Å². The fourth-order valence-corrected chi connectivity index (χ4v) is 1.85. The predicted molar refractivity (Wildman–Crippen MR) is 75.9 cm³/mol. The van der Waals surface area contributed by atoms with Crippen LogP contribution in [0.2, 0.25) is 0 Å². The van der Waals surface area contributed by atoms with E-state index in [0.717, 1.165) is 16.9 Å². The Hall–Kier alpha value is -2.03. The molecule has 0 bridgehead atoms. The largest absolute Gasteiger partial charge is 0.483 e. The Balaban J connectivity index is 2.08. The van der Waals surface area contributed by atoms with Crippen molar-refractivity contribution in [2.75, 3.05) is 6.61 Å². The Morgan fingerprint density at radius 1 is 1.42 bits per heavy atom. The minimum Gasteiger partial charge on any atom is -0.483 e. The van der Waals surface area contributed by atoms with E-state index in [1.807, 2.05) is 50.3 Å². The number of carbonyl (C=O) groups excluding carboxylic acids is 1. The second-order valence-electron chi connectivity index (χ2n) is 5.04. The molecule has 0 aromatic heterocycles. The van der Waals surface area contributed by atoms with Gasteiger partial charge in [0.25, 0.3) is 0 Å². The number of carbonyl (C=O) groups is 1. The van der Waals surface area contributed by atoms with Gasteiger partial charge in [-0.25, -0.2) is 0 Å². The van der Waals surface area contributed by atoms with Gasteiger partial charge in [-0.05, 0) is 43.7 Å². The summed E-state index contributed by atoms with van der Waals surface area (Å²) >= 11 is 0. The van der Waals surface area contributed by atoms with Crippen LogP contribution in [-0.4, -0.2) is 18.2 Å². The summed E-state index contributed by atoms with van der Waals surface area (Å²) in [6.07, 6.45) is 7.86. The summed E-state index contributed by atoms with van der Waals surface area (Å²) in [5.74, 6) is 0.623. The Labute approximate surface area is 113 Å². The Morgan fingerprint density at radius 2 is 2.21 bits per heavy atom. The third-order valence-electron chi connectivity index (χ3n) is 2.76. The Morgan fingerprint density at radius 3 is 2.95 bits per heavy atom. The molecule has 0 saturated carbocycles. The highest BCUT2D eigenvalue weighted by Gasteiger charge is 2.21. The zero-order valence-electron chi connectivity index (χ0n) is 11.5. The van der Waals surface area contributed by atoms with Gasteiger partial charge in [-0.1, -0.05) is 18.2 Å². The minimum atomic E-state index is -0.270. The van der Waals surface area contributed by atoms with Crippen molar-refractivity contribution in [3.05, 3.63) is 41.5 Å². The van der Waals surface area contributed by atoms with E-state index in [2.05, 4.69) is 6.08 Å². The molecular weight excluding hydrogens is 240 g/mol. The van der Waals surface area contributed by atoms with E-state index in [4.69, 9.17) is 9.47 Å². The maximum Gasteiger partial charge on any atom is 0.302 e. The molecular formula is C16H18O3. The SMILES string of the molecule is CC(=O)OC/C=C/c1ccc2c(c1)C=CC(C)(C)O2. The van der Waals surface area contributed by atoms with E-state index < -0.39 is 0 Å². The molecule has 100 valence electrons. The number of esters is 1. The van der Waals surface area contributed by atoms with Gasteiger partial charge in [0.1, 0.15) is 18.0 Å². The lowest BCUT2D eigenvalue weighted by atomic mass is 10.0. The highest BCUT2D eigenvalue weighted by molar-refractivity contribution is 5.67. The molecule has 0 unspecified atom stereocenters.